The monoisotopic (exact) mass is 289 g/mol. The number of amides is 1. The van der Waals surface area contributed by atoms with Crippen molar-refractivity contribution in [3.8, 4) is 5.75 Å². The third kappa shape index (κ3) is 2.60. The molecule has 21 heavy (non-hydrogen) atoms. The minimum absolute atomic E-state index is 0.203. The maximum Gasteiger partial charge on any atom is 0.311 e. The van der Waals surface area contributed by atoms with E-state index in [0.717, 1.165) is 30.6 Å². The van der Waals surface area contributed by atoms with Gasteiger partial charge in [0.05, 0.1) is 12.0 Å². The Hall–Kier alpha value is -2.04. The van der Waals surface area contributed by atoms with E-state index < -0.39 is 11.4 Å². The van der Waals surface area contributed by atoms with Crippen molar-refractivity contribution in [1.82, 2.24) is 5.32 Å². The van der Waals surface area contributed by atoms with E-state index in [-0.39, 0.29) is 12.5 Å². The lowest BCUT2D eigenvalue weighted by Gasteiger charge is -2.24. The summed E-state index contributed by atoms with van der Waals surface area (Å²) < 4.78 is 5.41. The average Bonchev–Trinajstić information content (AvgIpc) is 3.13. The SMILES string of the molecule is O=C(NCC1(C(=O)O)CCCC1)c1ccc2c(c1)CCO2. The molecule has 2 N–H and O–H groups in total. The van der Waals surface area contributed by atoms with Gasteiger partial charge in [-0.2, -0.15) is 0 Å². The predicted molar refractivity (Wildman–Crippen MR) is 76.5 cm³/mol. The van der Waals surface area contributed by atoms with Crippen molar-refractivity contribution < 1.29 is 19.4 Å². The van der Waals surface area contributed by atoms with Crippen LogP contribution < -0.4 is 10.1 Å². The molecule has 1 amide bonds. The maximum absolute atomic E-state index is 12.2. The molecule has 1 aliphatic heterocycles. The van der Waals surface area contributed by atoms with Crippen molar-refractivity contribution in [2.45, 2.75) is 32.1 Å². The van der Waals surface area contributed by atoms with E-state index in [4.69, 9.17) is 4.74 Å². The molecule has 1 fully saturated rings. The normalized spacial score (nSPS) is 18.9. The Balaban J connectivity index is 1.68. The van der Waals surface area contributed by atoms with Crippen LogP contribution in [0.25, 0.3) is 0 Å². The average molecular weight is 289 g/mol. The summed E-state index contributed by atoms with van der Waals surface area (Å²) in [4.78, 5) is 23.7. The second-order valence-electron chi connectivity index (χ2n) is 5.90. The molecule has 5 heteroatoms. The highest BCUT2D eigenvalue weighted by atomic mass is 16.5. The summed E-state index contributed by atoms with van der Waals surface area (Å²) in [6, 6.07) is 5.36. The highest BCUT2D eigenvalue weighted by molar-refractivity contribution is 5.95. The highest BCUT2D eigenvalue weighted by Gasteiger charge is 2.41. The van der Waals surface area contributed by atoms with Gasteiger partial charge in [-0.15, -0.1) is 0 Å². The fourth-order valence-electron chi connectivity index (χ4n) is 3.20. The van der Waals surface area contributed by atoms with Crippen molar-refractivity contribution in [3.05, 3.63) is 29.3 Å². The maximum atomic E-state index is 12.2. The quantitative estimate of drug-likeness (QED) is 0.889. The van der Waals surface area contributed by atoms with Crippen LogP contribution in [0.4, 0.5) is 0 Å². The Morgan fingerprint density at radius 3 is 2.76 bits per heavy atom. The zero-order valence-electron chi connectivity index (χ0n) is 11.9. The van der Waals surface area contributed by atoms with Crippen molar-refractivity contribution in [2.24, 2.45) is 5.41 Å². The van der Waals surface area contributed by atoms with Crippen LogP contribution in [0.5, 0.6) is 5.75 Å². The van der Waals surface area contributed by atoms with Crippen LogP contribution >= 0.6 is 0 Å². The zero-order valence-corrected chi connectivity index (χ0v) is 11.9. The van der Waals surface area contributed by atoms with E-state index in [9.17, 15) is 14.7 Å². The van der Waals surface area contributed by atoms with E-state index >= 15 is 0 Å². The lowest BCUT2D eigenvalue weighted by molar-refractivity contribution is -0.148. The van der Waals surface area contributed by atoms with Gasteiger partial charge < -0.3 is 15.2 Å². The van der Waals surface area contributed by atoms with Crippen LogP contribution in [0.3, 0.4) is 0 Å². The number of nitrogens with one attached hydrogen (secondary N) is 1. The van der Waals surface area contributed by atoms with E-state index in [1.54, 1.807) is 12.1 Å². The van der Waals surface area contributed by atoms with Gasteiger partial charge >= 0.3 is 5.97 Å². The van der Waals surface area contributed by atoms with Crippen molar-refractivity contribution in [3.63, 3.8) is 0 Å². The first-order valence-corrected chi connectivity index (χ1v) is 7.38. The minimum atomic E-state index is -0.803. The summed E-state index contributed by atoms with van der Waals surface area (Å²) in [5, 5.41) is 12.2. The van der Waals surface area contributed by atoms with Gasteiger partial charge in [-0.05, 0) is 36.6 Å². The van der Waals surface area contributed by atoms with Crippen molar-refractivity contribution in [2.75, 3.05) is 13.2 Å². The van der Waals surface area contributed by atoms with Gasteiger partial charge in [-0.3, -0.25) is 9.59 Å². The van der Waals surface area contributed by atoms with Crippen molar-refractivity contribution >= 4 is 11.9 Å². The molecule has 0 saturated heterocycles. The van der Waals surface area contributed by atoms with Gasteiger partial charge in [0.2, 0.25) is 0 Å². The number of hydrogen-bond acceptors (Lipinski definition) is 3. The largest absolute Gasteiger partial charge is 0.493 e. The number of benzene rings is 1. The van der Waals surface area contributed by atoms with Gasteiger partial charge in [-0.1, -0.05) is 12.8 Å². The van der Waals surface area contributed by atoms with Crippen LogP contribution in [-0.4, -0.2) is 30.1 Å². The topological polar surface area (TPSA) is 75.6 Å². The molecule has 1 saturated carbocycles. The standard InChI is InChI=1S/C16H19NO4/c18-14(12-3-4-13-11(9-12)5-8-21-13)17-10-16(15(19)20)6-1-2-7-16/h3-4,9H,1-2,5-8,10H2,(H,17,18)(H,19,20). The second kappa shape index (κ2) is 5.39. The summed E-state index contributed by atoms with van der Waals surface area (Å²) in [6.07, 6.45) is 3.92. The van der Waals surface area contributed by atoms with Crippen LogP contribution in [-0.2, 0) is 11.2 Å². The Kier molecular flexibility index (Phi) is 3.57. The molecule has 5 nitrogen and oxygen atoms in total. The first-order chi connectivity index (χ1) is 10.1. The first kappa shape index (κ1) is 13.9. The third-order valence-corrected chi connectivity index (χ3v) is 4.55. The Morgan fingerprint density at radius 2 is 2.05 bits per heavy atom. The van der Waals surface area contributed by atoms with Crippen LogP contribution in [0.15, 0.2) is 18.2 Å². The smallest absolute Gasteiger partial charge is 0.311 e. The molecule has 0 radical (unpaired) electrons. The molecule has 0 bridgehead atoms. The number of ether oxygens (including phenoxy) is 1. The summed E-state index contributed by atoms with van der Waals surface area (Å²) in [6.45, 7) is 0.858. The van der Waals surface area contributed by atoms with E-state index in [0.29, 0.717) is 25.0 Å². The van der Waals surface area contributed by atoms with Crippen LogP contribution in [0.1, 0.15) is 41.6 Å². The van der Waals surface area contributed by atoms with Crippen LogP contribution in [0, 0.1) is 5.41 Å². The van der Waals surface area contributed by atoms with Crippen LogP contribution in [0.2, 0.25) is 0 Å². The molecule has 1 aliphatic carbocycles. The Morgan fingerprint density at radius 1 is 1.29 bits per heavy atom. The fourth-order valence-corrected chi connectivity index (χ4v) is 3.20. The molecular formula is C16H19NO4. The molecule has 2 aliphatic rings. The van der Waals surface area contributed by atoms with Gasteiger partial charge in [0, 0.05) is 18.5 Å². The molecule has 0 atom stereocenters. The number of rotatable bonds is 4. The number of carbonyl (C=O) groups is 2. The molecule has 1 heterocycles. The molecule has 0 spiro atoms. The van der Waals surface area contributed by atoms with Crippen molar-refractivity contribution in [1.29, 1.82) is 0 Å². The molecule has 0 unspecified atom stereocenters. The molecule has 1 aromatic carbocycles. The number of carboxylic acids is 1. The third-order valence-electron chi connectivity index (χ3n) is 4.55. The minimum Gasteiger partial charge on any atom is -0.493 e. The van der Waals surface area contributed by atoms with E-state index in [2.05, 4.69) is 5.32 Å². The molecule has 0 aromatic heterocycles. The van der Waals surface area contributed by atoms with Gasteiger partial charge in [0.15, 0.2) is 0 Å². The summed E-state index contributed by atoms with van der Waals surface area (Å²) in [7, 11) is 0. The molecule has 112 valence electrons. The molecule has 1 aromatic rings. The Bertz CT molecular complexity index is 576. The van der Waals surface area contributed by atoms with Gasteiger partial charge in [0.25, 0.3) is 5.91 Å². The highest BCUT2D eigenvalue weighted by Crippen LogP contribution is 2.37. The number of aliphatic carboxylic acids is 1. The number of hydrogen-bond donors (Lipinski definition) is 2. The first-order valence-electron chi connectivity index (χ1n) is 7.38. The Labute approximate surface area is 123 Å². The van der Waals surface area contributed by atoms with Gasteiger partial charge in [0.1, 0.15) is 5.75 Å². The number of carboxylic acid groups (broad SMARTS) is 1. The second-order valence-corrected chi connectivity index (χ2v) is 5.90. The summed E-state index contributed by atoms with van der Waals surface area (Å²) in [5.41, 5.74) is 0.824. The summed E-state index contributed by atoms with van der Waals surface area (Å²) >= 11 is 0. The molecule has 3 rings (SSSR count). The van der Waals surface area contributed by atoms with E-state index in [1.807, 2.05) is 6.07 Å². The number of fused-ring (bicyclic) bond motifs is 1. The van der Waals surface area contributed by atoms with E-state index in [1.165, 1.54) is 0 Å². The predicted octanol–water partition coefficient (Wildman–Crippen LogP) is 2.00. The summed E-state index contributed by atoms with van der Waals surface area (Å²) in [5.74, 6) is -0.177. The fraction of sp³-hybridized carbons (Fsp3) is 0.500. The molecular weight excluding hydrogens is 270 g/mol. The van der Waals surface area contributed by atoms with Gasteiger partial charge in [-0.25, -0.2) is 0 Å². The lowest BCUT2D eigenvalue weighted by Crippen LogP contribution is -2.41. The lowest BCUT2D eigenvalue weighted by atomic mass is 9.86. The number of carbonyl (C=O) groups excluding carboxylic acids is 1. The zero-order chi connectivity index (χ0) is 14.9.